The highest BCUT2D eigenvalue weighted by atomic mass is 19.1. The van der Waals surface area contributed by atoms with E-state index >= 15 is 0 Å². The third kappa shape index (κ3) is 2.56. The third-order valence-corrected chi connectivity index (χ3v) is 2.53. The largest absolute Gasteiger partial charge is 0.505 e. The summed E-state index contributed by atoms with van der Waals surface area (Å²) in [6.45, 7) is 0. The van der Waals surface area contributed by atoms with Gasteiger partial charge in [0.05, 0.1) is 23.0 Å². The molecule has 0 bridgehead atoms. The summed E-state index contributed by atoms with van der Waals surface area (Å²) in [5.74, 6) is -3.48. The van der Waals surface area contributed by atoms with Gasteiger partial charge in [-0.2, -0.15) is 0 Å². The summed E-state index contributed by atoms with van der Waals surface area (Å²) in [4.78, 5) is 26.5. The molecule has 0 unspecified atom stereocenters. The highest BCUT2D eigenvalue weighted by Gasteiger charge is 2.18. The van der Waals surface area contributed by atoms with E-state index in [1.165, 1.54) is 18.3 Å². The Morgan fingerprint density at radius 1 is 1.20 bits per heavy atom. The van der Waals surface area contributed by atoms with Crippen LogP contribution in [0.25, 0.3) is 0 Å². The van der Waals surface area contributed by atoms with Crippen molar-refractivity contribution in [3.63, 3.8) is 0 Å². The Morgan fingerprint density at radius 3 is 2.60 bits per heavy atom. The highest BCUT2D eigenvalue weighted by molar-refractivity contribution is 6.09. The Balaban J connectivity index is 2.38. The lowest BCUT2D eigenvalue weighted by atomic mass is 10.1. The van der Waals surface area contributed by atoms with Gasteiger partial charge in [-0.05, 0) is 18.2 Å². The van der Waals surface area contributed by atoms with Crippen LogP contribution in [0.3, 0.4) is 0 Å². The molecule has 1 heterocycles. The maximum absolute atomic E-state index is 13.6. The monoisotopic (exact) mass is 276 g/mol. The van der Waals surface area contributed by atoms with Gasteiger partial charge >= 0.3 is 5.97 Å². The minimum Gasteiger partial charge on any atom is -0.505 e. The number of amides is 1. The van der Waals surface area contributed by atoms with E-state index in [0.717, 1.165) is 18.3 Å². The van der Waals surface area contributed by atoms with Gasteiger partial charge < -0.3 is 15.5 Å². The number of anilines is 1. The predicted molar refractivity (Wildman–Crippen MR) is 67.2 cm³/mol. The van der Waals surface area contributed by atoms with Crippen LogP contribution >= 0.6 is 0 Å². The number of carbonyl (C=O) groups excluding carboxylic acids is 1. The molecular formula is C13H9FN2O4. The fraction of sp³-hybridized carbons (Fsp3) is 0. The topological polar surface area (TPSA) is 99.5 Å². The summed E-state index contributed by atoms with van der Waals surface area (Å²) >= 11 is 0. The van der Waals surface area contributed by atoms with E-state index in [9.17, 15) is 19.1 Å². The molecule has 0 fully saturated rings. The van der Waals surface area contributed by atoms with Gasteiger partial charge in [-0.25, -0.2) is 9.18 Å². The van der Waals surface area contributed by atoms with Crippen LogP contribution < -0.4 is 5.32 Å². The Morgan fingerprint density at radius 2 is 1.95 bits per heavy atom. The van der Waals surface area contributed by atoms with Crippen LogP contribution in [-0.2, 0) is 0 Å². The fourth-order valence-electron chi connectivity index (χ4n) is 1.59. The van der Waals surface area contributed by atoms with Gasteiger partial charge in [-0.15, -0.1) is 0 Å². The number of hydrogen-bond donors (Lipinski definition) is 3. The van der Waals surface area contributed by atoms with Gasteiger partial charge in [-0.3, -0.25) is 9.78 Å². The molecule has 2 aromatic rings. The Bertz CT molecular complexity index is 688. The number of aromatic carboxylic acids is 1. The Kier molecular flexibility index (Phi) is 3.60. The number of aromatic hydroxyl groups is 1. The van der Waals surface area contributed by atoms with E-state index in [0.29, 0.717) is 0 Å². The number of halogens is 1. The Hall–Kier alpha value is -2.96. The molecule has 0 saturated heterocycles. The summed E-state index contributed by atoms with van der Waals surface area (Å²) in [5, 5.41) is 20.6. The van der Waals surface area contributed by atoms with E-state index < -0.39 is 29.1 Å². The molecule has 102 valence electrons. The minimum absolute atomic E-state index is 0.139. The molecule has 0 aliphatic heterocycles. The van der Waals surface area contributed by atoms with E-state index in [1.54, 1.807) is 0 Å². The first-order valence-electron chi connectivity index (χ1n) is 5.47. The molecule has 1 amide bonds. The van der Waals surface area contributed by atoms with Crippen molar-refractivity contribution in [1.29, 1.82) is 0 Å². The molecule has 2 rings (SSSR count). The first-order chi connectivity index (χ1) is 9.50. The summed E-state index contributed by atoms with van der Waals surface area (Å²) in [6, 6.07) is 4.63. The van der Waals surface area contributed by atoms with Crippen molar-refractivity contribution >= 4 is 17.6 Å². The summed E-state index contributed by atoms with van der Waals surface area (Å²) in [6.07, 6.45) is 2.32. The smallest absolute Gasteiger partial charge is 0.337 e. The van der Waals surface area contributed by atoms with Gasteiger partial charge in [0.15, 0.2) is 0 Å². The van der Waals surface area contributed by atoms with E-state index in [1.807, 2.05) is 0 Å². The SMILES string of the molecule is O=C(Nc1c(F)cccc1C(=O)O)c1ccncc1O. The number of nitrogens with zero attached hydrogens (tertiary/aromatic N) is 1. The number of carbonyl (C=O) groups is 2. The third-order valence-electron chi connectivity index (χ3n) is 2.53. The second kappa shape index (κ2) is 5.35. The normalized spacial score (nSPS) is 10.1. The van der Waals surface area contributed by atoms with Crippen LogP contribution in [-0.4, -0.2) is 27.1 Å². The van der Waals surface area contributed by atoms with Gasteiger partial charge in [0.25, 0.3) is 5.91 Å². The van der Waals surface area contributed by atoms with Crippen LogP contribution in [0.15, 0.2) is 36.7 Å². The average Bonchev–Trinajstić information content (AvgIpc) is 2.41. The van der Waals surface area contributed by atoms with Crippen molar-refractivity contribution in [3.8, 4) is 5.75 Å². The lowest BCUT2D eigenvalue weighted by Gasteiger charge is -2.10. The summed E-state index contributed by atoms with van der Waals surface area (Å²) in [5.41, 5.74) is -0.979. The van der Waals surface area contributed by atoms with Gasteiger partial charge in [0.1, 0.15) is 11.6 Å². The van der Waals surface area contributed by atoms with Crippen molar-refractivity contribution in [2.24, 2.45) is 0 Å². The predicted octanol–water partition coefficient (Wildman–Crippen LogP) is 1.88. The summed E-state index contributed by atoms with van der Waals surface area (Å²) in [7, 11) is 0. The molecular weight excluding hydrogens is 267 g/mol. The second-order valence-corrected chi connectivity index (χ2v) is 3.81. The number of para-hydroxylation sites is 1. The van der Waals surface area contributed by atoms with Crippen LogP contribution in [0.4, 0.5) is 10.1 Å². The van der Waals surface area contributed by atoms with Crippen molar-refractivity contribution < 1.29 is 24.2 Å². The molecule has 6 nitrogen and oxygen atoms in total. The zero-order valence-corrected chi connectivity index (χ0v) is 10.0. The highest BCUT2D eigenvalue weighted by Crippen LogP contribution is 2.22. The van der Waals surface area contributed by atoms with Crippen LogP contribution in [0, 0.1) is 5.82 Å². The maximum Gasteiger partial charge on any atom is 0.337 e. The number of rotatable bonds is 3. The molecule has 0 radical (unpaired) electrons. The molecule has 0 atom stereocenters. The number of nitrogens with one attached hydrogen (secondary N) is 1. The molecule has 0 saturated carbocycles. The quantitative estimate of drug-likeness (QED) is 0.794. The molecule has 7 heteroatoms. The summed E-state index contributed by atoms with van der Waals surface area (Å²) < 4.78 is 13.6. The number of hydrogen-bond acceptors (Lipinski definition) is 4. The molecule has 0 aliphatic rings. The number of pyridine rings is 1. The molecule has 1 aromatic heterocycles. The van der Waals surface area contributed by atoms with Crippen molar-refractivity contribution in [2.75, 3.05) is 5.32 Å². The van der Waals surface area contributed by atoms with E-state index in [-0.39, 0.29) is 11.1 Å². The molecule has 0 spiro atoms. The molecule has 1 aromatic carbocycles. The van der Waals surface area contributed by atoms with E-state index in [2.05, 4.69) is 10.3 Å². The van der Waals surface area contributed by atoms with Gasteiger partial charge in [-0.1, -0.05) is 6.07 Å². The molecule has 20 heavy (non-hydrogen) atoms. The van der Waals surface area contributed by atoms with Gasteiger partial charge in [0.2, 0.25) is 0 Å². The van der Waals surface area contributed by atoms with Crippen LogP contribution in [0.1, 0.15) is 20.7 Å². The number of carboxylic acid groups (broad SMARTS) is 1. The zero-order chi connectivity index (χ0) is 14.7. The van der Waals surface area contributed by atoms with Crippen molar-refractivity contribution in [3.05, 3.63) is 53.6 Å². The fourth-order valence-corrected chi connectivity index (χ4v) is 1.59. The average molecular weight is 276 g/mol. The number of aromatic nitrogens is 1. The molecule has 0 aliphatic carbocycles. The Labute approximate surface area is 112 Å². The lowest BCUT2D eigenvalue weighted by molar-refractivity contribution is 0.0697. The maximum atomic E-state index is 13.6. The van der Waals surface area contributed by atoms with Crippen molar-refractivity contribution in [1.82, 2.24) is 4.98 Å². The van der Waals surface area contributed by atoms with Crippen LogP contribution in [0.2, 0.25) is 0 Å². The zero-order valence-electron chi connectivity index (χ0n) is 10.0. The van der Waals surface area contributed by atoms with Gasteiger partial charge in [0, 0.05) is 6.20 Å². The minimum atomic E-state index is -1.38. The van der Waals surface area contributed by atoms with Crippen molar-refractivity contribution in [2.45, 2.75) is 0 Å². The number of benzene rings is 1. The van der Waals surface area contributed by atoms with E-state index in [4.69, 9.17) is 5.11 Å². The lowest BCUT2D eigenvalue weighted by Crippen LogP contribution is -2.16. The molecule has 3 N–H and O–H groups in total. The first-order valence-corrected chi connectivity index (χ1v) is 5.47. The standard InChI is InChI=1S/C13H9FN2O4/c14-9-3-1-2-8(13(19)20)11(9)16-12(18)7-4-5-15-6-10(7)17/h1-6,17H,(H,16,18)(H,19,20). The first kappa shape index (κ1) is 13.5. The second-order valence-electron chi connectivity index (χ2n) is 3.81. The number of carboxylic acids is 1. The van der Waals surface area contributed by atoms with Crippen LogP contribution in [0.5, 0.6) is 5.75 Å².